The van der Waals surface area contributed by atoms with Gasteiger partial charge in [0.05, 0.1) is 0 Å². The number of carbonyl (C=O) groups is 2. The van der Waals surface area contributed by atoms with Crippen LogP contribution in [-0.2, 0) is 14.3 Å². The Kier molecular flexibility index (Phi) is 6.58. The van der Waals surface area contributed by atoms with Crippen LogP contribution in [0.15, 0.2) is 41.1 Å². The summed E-state index contributed by atoms with van der Waals surface area (Å²) in [6.07, 6.45) is -5.19. The van der Waals surface area contributed by atoms with E-state index >= 15 is 0 Å². The van der Waals surface area contributed by atoms with Gasteiger partial charge in [0.1, 0.15) is 11.9 Å². The number of rotatable bonds is 6. The molecule has 0 aliphatic carbocycles. The summed E-state index contributed by atoms with van der Waals surface area (Å²) in [5.74, 6) is -2.27. The largest absolute Gasteiger partial charge is 0.573 e. The van der Waals surface area contributed by atoms with Gasteiger partial charge in [0, 0.05) is 19.3 Å². The Labute approximate surface area is 150 Å². The first kappa shape index (κ1) is 19.7. The molecular weight excluding hydrogens is 373 g/mol. The second kappa shape index (κ2) is 8.68. The van der Waals surface area contributed by atoms with Gasteiger partial charge in [-0.15, -0.1) is 13.2 Å². The number of benzene rings is 1. The Hall–Kier alpha value is -2.59. The third-order valence-corrected chi connectivity index (χ3v) is 3.90. The summed E-state index contributed by atoms with van der Waals surface area (Å²) in [4.78, 5) is 23.7. The van der Waals surface area contributed by atoms with Gasteiger partial charge in [-0.2, -0.15) is 11.3 Å². The highest BCUT2D eigenvalue weighted by Crippen LogP contribution is 2.24. The lowest BCUT2D eigenvalue weighted by atomic mass is 10.2. The number of ether oxygens (including phenoxy) is 2. The number of methoxy groups -OCH3 is 1. The number of nitrogens with one attached hydrogen (secondary N) is 2. The average Bonchev–Trinajstić information content (AvgIpc) is 3.10. The summed E-state index contributed by atoms with van der Waals surface area (Å²) in [7, 11) is 1.49. The number of amides is 2. The van der Waals surface area contributed by atoms with Gasteiger partial charge in [-0.3, -0.25) is 9.59 Å². The van der Waals surface area contributed by atoms with Crippen LogP contribution in [0.4, 0.5) is 18.9 Å². The van der Waals surface area contributed by atoms with Crippen LogP contribution in [0, 0.1) is 0 Å². The molecule has 10 heteroatoms. The molecule has 1 unspecified atom stereocenters. The van der Waals surface area contributed by atoms with Gasteiger partial charge in [0.15, 0.2) is 0 Å². The first-order valence-corrected chi connectivity index (χ1v) is 8.22. The lowest BCUT2D eigenvalue weighted by molar-refractivity contribution is -0.274. The van der Waals surface area contributed by atoms with Gasteiger partial charge in [0.2, 0.25) is 0 Å². The van der Waals surface area contributed by atoms with Crippen molar-refractivity contribution in [3.8, 4) is 5.75 Å². The number of hydrogen-bond donors (Lipinski definition) is 2. The van der Waals surface area contributed by atoms with Crippen molar-refractivity contribution in [1.82, 2.24) is 5.32 Å². The smallest absolute Gasteiger partial charge is 0.406 e. The highest BCUT2D eigenvalue weighted by atomic mass is 32.1. The molecule has 140 valence electrons. The Balaban J connectivity index is 1.85. The highest BCUT2D eigenvalue weighted by Gasteiger charge is 2.31. The maximum atomic E-state index is 12.1. The van der Waals surface area contributed by atoms with Crippen molar-refractivity contribution in [3.63, 3.8) is 0 Å². The predicted octanol–water partition coefficient (Wildman–Crippen LogP) is 3.09. The second-order valence-corrected chi connectivity index (χ2v) is 5.80. The summed E-state index contributed by atoms with van der Waals surface area (Å²) in [6.45, 7) is 0.0951. The molecule has 0 bridgehead atoms. The first-order valence-electron chi connectivity index (χ1n) is 7.28. The van der Waals surface area contributed by atoms with Gasteiger partial charge in [-0.25, -0.2) is 0 Å². The molecular formula is C16H15F3N2O4S. The van der Waals surface area contributed by atoms with E-state index in [1.807, 2.05) is 16.8 Å². The monoisotopic (exact) mass is 388 g/mol. The Bertz CT molecular complexity index is 733. The van der Waals surface area contributed by atoms with E-state index in [-0.39, 0.29) is 12.2 Å². The topological polar surface area (TPSA) is 76.7 Å². The van der Waals surface area contributed by atoms with Crippen molar-refractivity contribution in [3.05, 3.63) is 46.7 Å². The second-order valence-electron chi connectivity index (χ2n) is 5.02. The quantitative estimate of drug-likeness (QED) is 0.746. The molecule has 1 heterocycles. The summed E-state index contributed by atoms with van der Waals surface area (Å²) in [5, 5.41) is 8.45. The Morgan fingerprint density at radius 3 is 2.38 bits per heavy atom. The fourth-order valence-corrected chi connectivity index (χ4v) is 2.69. The Morgan fingerprint density at radius 1 is 1.15 bits per heavy atom. The van der Waals surface area contributed by atoms with Crippen molar-refractivity contribution >= 4 is 28.8 Å². The molecule has 1 aromatic heterocycles. The number of halogens is 3. The van der Waals surface area contributed by atoms with Crippen molar-refractivity contribution in [2.75, 3.05) is 19.0 Å². The molecule has 2 aromatic rings. The number of carbonyl (C=O) groups excluding carboxylic acids is 2. The van der Waals surface area contributed by atoms with E-state index in [9.17, 15) is 22.8 Å². The molecule has 0 fully saturated rings. The molecule has 6 nitrogen and oxygen atoms in total. The first-order chi connectivity index (χ1) is 12.3. The van der Waals surface area contributed by atoms with E-state index in [4.69, 9.17) is 4.74 Å². The van der Waals surface area contributed by atoms with Crippen LogP contribution in [0.3, 0.4) is 0 Å². The maximum Gasteiger partial charge on any atom is 0.573 e. The number of alkyl halides is 3. The number of thiophene rings is 1. The van der Waals surface area contributed by atoms with Gasteiger partial charge in [0.25, 0.3) is 0 Å². The molecule has 2 amide bonds. The minimum atomic E-state index is -4.80. The molecule has 2 rings (SSSR count). The van der Waals surface area contributed by atoms with Crippen LogP contribution in [0.2, 0.25) is 0 Å². The molecule has 2 N–H and O–H groups in total. The summed E-state index contributed by atoms with van der Waals surface area (Å²) in [6, 6.07) is 6.28. The predicted molar refractivity (Wildman–Crippen MR) is 88.8 cm³/mol. The minimum Gasteiger partial charge on any atom is -0.406 e. The van der Waals surface area contributed by atoms with E-state index in [1.54, 1.807) is 0 Å². The fraction of sp³-hybridized carbons (Fsp3) is 0.250. The summed E-state index contributed by atoms with van der Waals surface area (Å²) >= 11 is 1.48. The average molecular weight is 388 g/mol. The molecule has 0 saturated heterocycles. The van der Waals surface area contributed by atoms with Crippen LogP contribution in [0.25, 0.3) is 0 Å². The zero-order valence-electron chi connectivity index (χ0n) is 13.5. The zero-order chi connectivity index (χ0) is 19.2. The van der Waals surface area contributed by atoms with E-state index in [2.05, 4.69) is 15.4 Å². The molecule has 26 heavy (non-hydrogen) atoms. The van der Waals surface area contributed by atoms with E-state index in [0.717, 1.165) is 17.7 Å². The molecule has 0 aliphatic heterocycles. The van der Waals surface area contributed by atoms with Crippen LogP contribution >= 0.6 is 11.3 Å². The van der Waals surface area contributed by atoms with Gasteiger partial charge >= 0.3 is 18.2 Å². The molecule has 1 atom stereocenters. The van der Waals surface area contributed by atoms with E-state index in [1.165, 1.54) is 30.6 Å². The fourth-order valence-electron chi connectivity index (χ4n) is 1.99. The van der Waals surface area contributed by atoms with Gasteiger partial charge in [-0.05, 0) is 46.7 Å². The van der Waals surface area contributed by atoms with Gasteiger partial charge < -0.3 is 20.1 Å². The number of anilines is 1. The third kappa shape index (κ3) is 6.05. The number of hydrogen-bond acceptors (Lipinski definition) is 5. The van der Waals surface area contributed by atoms with Crippen LogP contribution < -0.4 is 15.4 Å². The zero-order valence-corrected chi connectivity index (χ0v) is 14.3. The molecule has 0 saturated carbocycles. The van der Waals surface area contributed by atoms with Crippen LogP contribution in [-0.4, -0.2) is 31.8 Å². The van der Waals surface area contributed by atoms with E-state index < -0.39 is 30.0 Å². The molecule has 0 spiro atoms. The van der Waals surface area contributed by atoms with Crippen LogP contribution in [0.5, 0.6) is 5.75 Å². The SMILES string of the molecule is COC(CNC(=O)C(=O)Nc1ccc(OC(F)(F)F)cc1)c1ccsc1. The lowest BCUT2D eigenvalue weighted by Crippen LogP contribution is -2.37. The molecule has 0 radical (unpaired) electrons. The maximum absolute atomic E-state index is 12.1. The van der Waals surface area contributed by atoms with Crippen molar-refractivity contribution in [2.24, 2.45) is 0 Å². The summed E-state index contributed by atoms with van der Waals surface area (Å²) < 4.78 is 45.2. The van der Waals surface area contributed by atoms with Crippen LogP contribution in [0.1, 0.15) is 11.7 Å². The van der Waals surface area contributed by atoms with Crippen molar-refractivity contribution in [1.29, 1.82) is 0 Å². The molecule has 1 aromatic carbocycles. The third-order valence-electron chi connectivity index (χ3n) is 3.20. The van der Waals surface area contributed by atoms with Crippen molar-refractivity contribution in [2.45, 2.75) is 12.5 Å². The summed E-state index contributed by atoms with van der Waals surface area (Å²) in [5.41, 5.74) is 1.03. The Morgan fingerprint density at radius 2 is 1.85 bits per heavy atom. The molecule has 0 aliphatic rings. The highest BCUT2D eigenvalue weighted by molar-refractivity contribution is 7.07. The normalized spacial score (nSPS) is 12.3. The van der Waals surface area contributed by atoms with Crippen molar-refractivity contribution < 1.29 is 32.2 Å². The van der Waals surface area contributed by atoms with E-state index in [0.29, 0.717) is 0 Å². The minimum absolute atomic E-state index is 0.0951. The van der Waals surface area contributed by atoms with Gasteiger partial charge in [-0.1, -0.05) is 0 Å². The lowest BCUT2D eigenvalue weighted by Gasteiger charge is -2.15. The standard InChI is InChI=1S/C16H15F3N2O4S/c1-24-13(10-6-7-26-9-10)8-20-14(22)15(23)21-11-2-4-12(5-3-11)25-16(17,18)19/h2-7,9,13H,8H2,1H3,(H,20,22)(H,21,23).